The second-order valence-corrected chi connectivity index (χ2v) is 9.33. The number of benzene rings is 2. The minimum Gasteiger partial charge on any atom is -0.403 e. The molecular weight excluding hydrogens is 410 g/mol. The van der Waals surface area contributed by atoms with Crippen LogP contribution in [-0.4, -0.2) is 20.2 Å². The van der Waals surface area contributed by atoms with Gasteiger partial charge in [-0.05, 0) is 61.9 Å². The van der Waals surface area contributed by atoms with Crippen LogP contribution in [0.5, 0.6) is 0 Å². The van der Waals surface area contributed by atoms with E-state index in [0.717, 1.165) is 40.1 Å². The molecule has 1 fully saturated rings. The quantitative estimate of drug-likeness (QED) is 0.416. The molecule has 0 spiro atoms. The zero-order valence-corrected chi connectivity index (χ0v) is 18.7. The van der Waals surface area contributed by atoms with Crippen LogP contribution in [0, 0.1) is 0 Å². The number of rotatable bonds is 6. The predicted molar refractivity (Wildman–Crippen MR) is 128 cm³/mol. The fourth-order valence-electron chi connectivity index (χ4n) is 4.37. The molecule has 1 saturated carbocycles. The highest BCUT2D eigenvalue weighted by molar-refractivity contribution is 5.84. The van der Waals surface area contributed by atoms with Crippen molar-refractivity contribution in [2.75, 3.05) is 5.32 Å². The van der Waals surface area contributed by atoms with E-state index in [2.05, 4.69) is 64.7 Å². The SMILES string of the molecule is CC(C)(Nc1nnc(-c2ccc3c(c2)C(c2cncc(C4CC4)n2)=CC3)o1)c1ccccc1. The van der Waals surface area contributed by atoms with E-state index in [1.54, 1.807) is 0 Å². The molecule has 33 heavy (non-hydrogen) atoms. The maximum absolute atomic E-state index is 6.01. The number of allylic oxidation sites excluding steroid dienone is 1. The van der Waals surface area contributed by atoms with Crippen LogP contribution in [0.4, 0.5) is 6.01 Å². The first kappa shape index (κ1) is 19.9. The summed E-state index contributed by atoms with van der Waals surface area (Å²) in [6.45, 7) is 4.19. The van der Waals surface area contributed by atoms with E-state index in [-0.39, 0.29) is 5.54 Å². The van der Waals surface area contributed by atoms with E-state index in [4.69, 9.17) is 9.40 Å². The van der Waals surface area contributed by atoms with Crippen LogP contribution in [0.2, 0.25) is 0 Å². The standard InChI is InChI=1S/C27H25N5O/c1-27(2,20-6-4-3-5-7-20)30-26-32-31-25(33-26)19-11-8-17-12-13-21(22(17)14-19)24-16-28-15-23(29-24)18-9-10-18/h3-8,11,13-16,18H,9-10,12H2,1-2H3,(H,30,32). The monoisotopic (exact) mass is 435 g/mol. The fraction of sp³-hybridized carbons (Fsp3) is 0.259. The molecule has 2 heterocycles. The Morgan fingerprint density at radius 1 is 1.00 bits per heavy atom. The first-order valence-electron chi connectivity index (χ1n) is 11.4. The van der Waals surface area contributed by atoms with Crippen molar-refractivity contribution in [1.82, 2.24) is 20.2 Å². The molecule has 2 aliphatic rings. The van der Waals surface area contributed by atoms with Gasteiger partial charge in [0.1, 0.15) is 0 Å². The van der Waals surface area contributed by atoms with E-state index in [1.165, 1.54) is 18.4 Å². The van der Waals surface area contributed by atoms with Gasteiger partial charge >= 0.3 is 6.01 Å². The number of anilines is 1. The van der Waals surface area contributed by atoms with Crippen LogP contribution < -0.4 is 5.32 Å². The molecule has 2 aromatic heterocycles. The lowest BCUT2D eigenvalue weighted by atomic mass is 9.95. The van der Waals surface area contributed by atoms with Gasteiger partial charge in [-0.15, -0.1) is 5.10 Å². The molecule has 6 heteroatoms. The first-order chi connectivity index (χ1) is 16.1. The molecule has 0 atom stereocenters. The van der Waals surface area contributed by atoms with E-state index >= 15 is 0 Å². The van der Waals surface area contributed by atoms with Gasteiger partial charge in [-0.2, -0.15) is 0 Å². The van der Waals surface area contributed by atoms with Crippen molar-refractivity contribution in [3.8, 4) is 11.5 Å². The maximum Gasteiger partial charge on any atom is 0.316 e. The van der Waals surface area contributed by atoms with Gasteiger partial charge in [0.2, 0.25) is 5.89 Å². The zero-order chi connectivity index (χ0) is 22.4. The van der Waals surface area contributed by atoms with Gasteiger partial charge in [-0.3, -0.25) is 4.98 Å². The van der Waals surface area contributed by atoms with Crippen molar-refractivity contribution in [1.29, 1.82) is 0 Å². The minimum atomic E-state index is -0.343. The minimum absolute atomic E-state index is 0.343. The van der Waals surface area contributed by atoms with Crippen LogP contribution >= 0.6 is 0 Å². The lowest BCUT2D eigenvalue weighted by Crippen LogP contribution is -2.27. The van der Waals surface area contributed by atoms with Crippen molar-refractivity contribution < 1.29 is 4.42 Å². The Morgan fingerprint density at radius 3 is 2.67 bits per heavy atom. The van der Waals surface area contributed by atoms with E-state index in [9.17, 15) is 0 Å². The number of aromatic nitrogens is 4. The third-order valence-corrected chi connectivity index (χ3v) is 6.44. The Kier molecular flexibility index (Phi) is 4.61. The van der Waals surface area contributed by atoms with Crippen molar-refractivity contribution >= 4 is 11.6 Å². The Morgan fingerprint density at radius 2 is 1.85 bits per heavy atom. The van der Waals surface area contributed by atoms with Crippen molar-refractivity contribution in [3.05, 3.63) is 95.1 Å². The molecule has 0 aliphatic heterocycles. The molecule has 0 radical (unpaired) electrons. The highest BCUT2D eigenvalue weighted by Crippen LogP contribution is 2.40. The van der Waals surface area contributed by atoms with Gasteiger partial charge in [-0.25, -0.2) is 4.98 Å². The van der Waals surface area contributed by atoms with Gasteiger partial charge in [0.05, 0.1) is 23.1 Å². The molecule has 0 saturated heterocycles. The molecule has 6 nitrogen and oxygen atoms in total. The number of fused-ring (bicyclic) bond motifs is 1. The van der Waals surface area contributed by atoms with Gasteiger partial charge < -0.3 is 9.73 Å². The molecule has 6 rings (SSSR count). The van der Waals surface area contributed by atoms with Crippen LogP contribution in [0.25, 0.3) is 17.0 Å². The van der Waals surface area contributed by atoms with Crippen molar-refractivity contribution in [2.45, 2.75) is 44.6 Å². The van der Waals surface area contributed by atoms with Crippen LogP contribution in [0.15, 0.2) is 71.4 Å². The zero-order valence-electron chi connectivity index (χ0n) is 18.7. The van der Waals surface area contributed by atoms with Crippen molar-refractivity contribution in [2.24, 2.45) is 0 Å². The van der Waals surface area contributed by atoms with E-state index < -0.39 is 0 Å². The van der Waals surface area contributed by atoms with Crippen molar-refractivity contribution in [3.63, 3.8) is 0 Å². The van der Waals surface area contributed by atoms with Crippen LogP contribution in [0.3, 0.4) is 0 Å². The summed E-state index contributed by atoms with van der Waals surface area (Å²) < 4.78 is 6.01. The summed E-state index contributed by atoms with van der Waals surface area (Å²) in [5.41, 5.74) is 7.30. The summed E-state index contributed by atoms with van der Waals surface area (Å²) in [6, 6.07) is 16.9. The van der Waals surface area contributed by atoms with Gasteiger partial charge in [0, 0.05) is 23.3 Å². The average Bonchev–Trinajstić information content (AvgIpc) is 3.45. The molecule has 0 bridgehead atoms. The number of nitrogens with one attached hydrogen (secondary N) is 1. The second kappa shape index (κ2) is 7.66. The molecule has 0 unspecified atom stereocenters. The summed E-state index contributed by atoms with van der Waals surface area (Å²) in [6.07, 6.45) is 9.32. The summed E-state index contributed by atoms with van der Waals surface area (Å²) in [7, 11) is 0. The molecule has 2 aliphatic carbocycles. The van der Waals surface area contributed by atoms with Gasteiger partial charge in [0.25, 0.3) is 0 Å². The summed E-state index contributed by atoms with van der Waals surface area (Å²) in [5, 5.41) is 11.9. The molecule has 2 aromatic carbocycles. The van der Waals surface area contributed by atoms with Gasteiger partial charge in [-0.1, -0.05) is 47.6 Å². The first-order valence-corrected chi connectivity index (χ1v) is 11.4. The molecule has 164 valence electrons. The third-order valence-electron chi connectivity index (χ3n) is 6.44. The summed E-state index contributed by atoms with van der Waals surface area (Å²) in [4.78, 5) is 9.35. The largest absolute Gasteiger partial charge is 0.403 e. The summed E-state index contributed by atoms with van der Waals surface area (Å²) >= 11 is 0. The van der Waals surface area contributed by atoms with Gasteiger partial charge in [0.15, 0.2) is 0 Å². The third kappa shape index (κ3) is 3.82. The Hall–Kier alpha value is -3.80. The molecule has 4 aromatic rings. The Bertz CT molecular complexity index is 1350. The molecule has 1 N–H and O–H groups in total. The van der Waals surface area contributed by atoms with E-state index in [1.807, 2.05) is 36.7 Å². The Labute approximate surface area is 192 Å². The highest BCUT2D eigenvalue weighted by atomic mass is 16.4. The maximum atomic E-state index is 6.01. The molecule has 0 amide bonds. The lowest BCUT2D eigenvalue weighted by Gasteiger charge is -2.25. The number of nitrogens with zero attached hydrogens (tertiary/aromatic N) is 4. The van der Waals surface area contributed by atoms with Crippen LogP contribution in [0.1, 0.15) is 60.7 Å². The number of hydrogen-bond acceptors (Lipinski definition) is 6. The molecular formula is C27H25N5O. The summed E-state index contributed by atoms with van der Waals surface area (Å²) in [5.74, 6) is 1.07. The second-order valence-electron chi connectivity index (χ2n) is 9.33. The predicted octanol–water partition coefficient (Wildman–Crippen LogP) is 5.74. The fourth-order valence-corrected chi connectivity index (χ4v) is 4.37. The topological polar surface area (TPSA) is 76.7 Å². The number of hydrogen-bond donors (Lipinski definition) is 1. The van der Waals surface area contributed by atoms with Crippen LogP contribution in [-0.2, 0) is 12.0 Å². The smallest absolute Gasteiger partial charge is 0.316 e. The average molecular weight is 436 g/mol. The Balaban J connectivity index is 1.27. The van der Waals surface area contributed by atoms with E-state index in [0.29, 0.717) is 17.8 Å². The lowest BCUT2D eigenvalue weighted by molar-refractivity contribution is 0.527. The highest BCUT2D eigenvalue weighted by Gasteiger charge is 2.27. The normalized spacial score (nSPS) is 15.3.